The zero-order chi connectivity index (χ0) is 27.3. The quantitative estimate of drug-likeness (QED) is 0.297. The van der Waals surface area contributed by atoms with Gasteiger partial charge in [-0.25, -0.2) is 23.4 Å². The summed E-state index contributed by atoms with van der Waals surface area (Å²) in [5, 5.41) is 0. The number of hydrogen-bond donors (Lipinski definition) is 2. The van der Waals surface area contributed by atoms with E-state index in [9.17, 15) is 18.8 Å². The van der Waals surface area contributed by atoms with Crippen molar-refractivity contribution in [2.24, 2.45) is 0 Å². The molecule has 0 fully saturated rings. The number of aromatic nitrogens is 4. The molecular formula is C25H23F2N5O6. The van der Waals surface area contributed by atoms with Crippen molar-refractivity contribution >= 4 is 29.1 Å². The van der Waals surface area contributed by atoms with Crippen molar-refractivity contribution in [2.75, 3.05) is 19.0 Å². The summed E-state index contributed by atoms with van der Waals surface area (Å²) in [6.07, 6.45) is -2.43. The summed E-state index contributed by atoms with van der Waals surface area (Å²) in [4.78, 5) is 47.2. The maximum absolute atomic E-state index is 16.4. The van der Waals surface area contributed by atoms with Gasteiger partial charge in [0.1, 0.15) is 6.67 Å². The van der Waals surface area contributed by atoms with Crippen LogP contribution in [0.5, 0.6) is 0 Å². The Morgan fingerprint density at radius 2 is 1.68 bits per heavy atom. The molecule has 0 saturated heterocycles. The summed E-state index contributed by atoms with van der Waals surface area (Å²) in [6, 6.07) is 15.5. The third-order valence-electron chi connectivity index (χ3n) is 5.53. The van der Waals surface area contributed by atoms with E-state index in [4.69, 9.17) is 19.9 Å². The lowest BCUT2D eigenvalue weighted by molar-refractivity contribution is -0.261. The number of esters is 2. The Hall–Kier alpha value is -4.65. The SMILES string of the molecule is C[C@H](OC(=O)c1ccccc1)[C@@](F)(COC(=O)c1ccccc1)O[C@H](CF)n1cnc2c(=O)[nH]c(N)nc21. The summed E-state index contributed by atoms with van der Waals surface area (Å²) in [5.74, 6) is -5.10. The lowest BCUT2D eigenvalue weighted by Crippen LogP contribution is -2.48. The molecule has 0 bridgehead atoms. The first-order chi connectivity index (χ1) is 18.2. The van der Waals surface area contributed by atoms with Crippen LogP contribution in [-0.2, 0) is 14.2 Å². The van der Waals surface area contributed by atoms with E-state index in [1.165, 1.54) is 31.2 Å². The van der Waals surface area contributed by atoms with E-state index in [0.29, 0.717) is 0 Å². The molecule has 4 aromatic rings. The Morgan fingerprint density at radius 1 is 1.08 bits per heavy atom. The number of aromatic amines is 1. The minimum Gasteiger partial charge on any atom is -0.456 e. The van der Waals surface area contributed by atoms with Crippen LogP contribution in [0.2, 0.25) is 0 Å². The predicted octanol–water partition coefficient (Wildman–Crippen LogP) is 2.95. The van der Waals surface area contributed by atoms with Crippen molar-refractivity contribution in [3.63, 3.8) is 0 Å². The number of alkyl halides is 2. The fourth-order valence-corrected chi connectivity index (χ4v) is 3.50. The number of benzene rings is 2. The molecule has 38 heavy (non-hydrogen) atoms. The maximum Gasteiger partial charge on any atom is 0.338 e. The third-order valence-corrected chi connectivity index (χ3v) is 5.53. The van der Waals surface area contributed by atoms with Crippen LogP contribution in [0.25, 0.3) is 11.2 Å². The van der Waals surface area contributed by atoms with Gasteiger partial charge in [0.15, 0.2) is 30.1 Å². The number of halogens is 2. The summed E-state index contributed by atoms with van der Waals surface area (Å²) < 4.78 is 47.4. The molecule has 0 unspecified atom stereocenters. The largest absolute Gasteiger partial charge is 0.456 e. The van der Waals surface area contributed by atoms with Crippen LogP contribution in [0, 0.1) is 0 Å². The average Bonchev–Trinajstić information content (AvgIpc) is 3.35. The van der Waals surface area contributed by atoms with Crippen molar-refractivity contribution in [2.45, 2.75) is 25.1 Å². The van der Waals surface area contributed by atoms with Gasteiger partial charge >= 0.3 is 11.9 Å². The van der Waals surface area contributed by atoms with E-state index in [2.05, 4.69) is 15.0 Å². The molecule has 0 aliphatic carbocycles. The van der Waals surface area contributed by atoms with Gasteiger partial charge in [-0.15, -0.1) is 0 Å². The summed E-state index contributed by atoms with van der Waals surface area (Å²) in [6.45, 7) is -1.22. The van der Waals surface area contributed by atoms with Crippen molar-refractivity contribution in [1.29, 1.82) is 0 Å². The number of carbonyl (C=O) groups is 2. The van der Waals surface area contributed by atoms with Crippen LogP contribution in [-0.4, -0.2) is 56.7 Å². The molecule has 0 spiro atoms. The van der Waals surface area contributed by atoms with E-state index in [1.54, 1.807) is 36.4 Å². The Morgan fingerprint density at radius 3 is 2.29 bits per heavy atom. The van der Waals surface area contributed by atoms with Crippen molar-refractivity contribution < 1.29 is 32.6 Å². The zero-order valence-corrected chi connectivity index (χ0v) is 20.0. The molecule has 2 aromatic carbocycles. The number of nitrogen functional groups attached to an aromatic ring is 1. The summed E-state index contributed by atoms with van der Waals surface area (Å²) >= 11 is 0. The number of nitrogens with one attached hydrogen (secondary N) is 1. The third kappa shape index (κ3) is 5.67. The second kappa shape index (κ2) is 11.2. The van der Waals surface area contributed by atoms with Crippen LogP contribution in [0.1, 0.15) is 33.9 Å². The second-order valence-electron chi connectivity index (χ2n) is 8.14. The van der Waals surface area contributed by atoms with Crippen molar-refractivity contribution in [3.05, 3.63) is 88.5 Å². The van der Waals surface area contributed by atoms with Gasteiger partial charge in [-0.1, -0.05) is 36.4 Å². The van der Waals surface area contributed by atoms with E-state index in [0.717, 1.165) is 10.9 Å². The average molecular weight is 527 g/mol. The molecule has 0 aliphatic rings. The molecule has 0 aliphatic heterocycles. The van der Waals surface area contributed by atoms with Gasteiger partial charge < -0.3 is 19.9 Å². The second-order valence-corrected chi connectivity index (χ2v) is 8.14. The summed E-state index contributed by atoms with van der Waals surface area (Å²) in [5.41, 5.74) is 4.78. The molecule has 11 nitrogen and oxygen atoms in total. The van der Waals surface area contributed by atoms with E-state index in [1.807, 2.05) is 0 Å². The molecule has 2 aromatic heterocycles. The number of ether oxygens (including phenoxy) is 3. The van der Waals surface area contributed by atoms with Crippen LogP contribution in [0.3, 0.4) is 0 Å². The van der Waals surface area contributed by atoms with Gasteiger partial charge in [-0.3, -0.25) is 14.3 Å². The Balaban J connectivity index is 1.63. The van der Waals surface area contributed by atoms with E-state index < -0.39 is 49.0 Å². The number of nitrogens with zero attached hydrogens (tertiary/aromatic N) is 3. The van der Waals surface area contributed by atoms with Crippen LogP contribution >= 0.6 is 0 Å². The first-order valence-electron chi connectivity index (χ1n) is 11.3. The number of fused-ring (bicyclic) bond motifs is 1. The molecular weight excluding hydrogens is 504 g/mol. The van der Waals surface area contributed by atoms with Crippen LogP contribution < -0.4 is 11.3 Å². The number of imidazole rings is 1. The normalized spacial score (nSPS) is 14.4. The Labute approximate surface area is 214 Å². The number of carbonyl (C=O) groups excluding carboxylic acids is 2. The highest BCUT2D eigenvalue weighted by Gasteiger charge is 2.45. The smallest absolute Gasteiger partial charge is 0.338 e. The number of hydrogen-bond acceptors (Lipinski definition) is 9. The number of anilines is 1. The van der Waals surface area contributed by atoms with Crippen LogP contribution in [0.15, 0.2) is 71.8 Å². The molecule has 3 N–H and O–H groups in total. The molecule has 0 amide bonds. The lowest BCUT2D eigenvalue weighted by atomic mass is 10.1. The molecule has 2 heterocycles. The molecule has 198 valence electrons. The van der Waals surface area contributed by atoms with Gasteiger partial charge in [-0.2, -0.15) is 4.98 Å². The van der Waals surface area contributed by atoms with Gasteiger partial charge in [0.05, 0.1) is 17.5 Å². The monoisotopic (exact) mass is 527 g/mol. The Bertz CT molecular complexity index is 1480. The fourth-order valence-electron chi connectivity index (χ4n) is 3.50. The van der Waals surface area contributed by atoms with Gasteiger partial charge in [0.2, 0.25) is 5.95 Å². The molecule has 0 radical (unpaired) electrons. The minimum atomic E-state index is -3.05. The number of rotatable bonds is 10. The first kappa shape index (κ1) is 26.4. The Kier molecular flexibility index (Phi) is 7.76. The first-order valence-corrected chi connectivity index (χ1v) is 11.3. The van der Waals surface area contributed by atoms with E-state index >= 15 is 4.39 Å². The lowest BCUT2D eigenvalue weighted by Gasteiger charge is -2.33. The summed E-state index contributed by atoms with van der Waals surface area (Å²) in [7, 11) is 0. The number of H-pyrrole nitrogens is 1. The molecule has 0 saturated carbocycles. The highest BCUT2D eigenvalue weighted by atomic mass is 19.2. The highest BCUT2D eigenvalue weighted by molar-refractivity contribution is 5.90. The minimum absolute atomic E-state index is 0.129. The predicted molar refractivity (Wildman–Crippen MR) is 131 cm³/mol. The van der Waals surface area contributed by atoms with Crippen molar-refractivity contribution in [1.82, 2.24) is 19.5 Å². The molecule has 4 rings (SSSR count). The molecule has 13 heteroatoms. The van der Waals surface area contributed by atoms with Crippen LogP contribution in [0.4, 0.5) is 14.7 Å². The van der Waals surface area contributed by atoms with Gasteiger partial charge in [0, 0.05) is 0 Å². The molecule has 3 atom stereocenters. The van der Waals surface area contributed by atoms with Crippen molar-refractivity contribution in [3.8, 4) is 0 Å². The zero-order valence-electron chi connectivity index (χ0n) is 20.0. The fraction of sp³-hybridized carbons (Fsp3) is 0.240. The standard InChI is InChI=1S/C25H23F2N5O6/c1-15(37-23(35)17-10-6-3-7-11-17)25(27,13-36-22(34)16-8-4-2-5-9-16)38-18(12-26)32-14-29-19-20(32)30-24(28)31-21(19)33/h2-11,14-15,18H,12-13H2,1H3,(H3,28,30,31,33)/t15-,18+,25+/m0/s1. The number of nitrogens with two attached hydrogens (primary N) is 1. The van der Waals surface area contributed by atoms with Gasteiger partial charge in [0.25, 0.3) is 11.4 Å². The highest BCUT2D eigenvalue weighted by Crippen LogP contribution is 2.30. The topological polar surface area (TPSA) is 151 Å². The van der Waals surface area contributed by atoms with E-state index in [-0.39, 0.29) is 28.2 Å². The maximum atomic E-state index is 16.4. The van der Waals surface area contributed by atoms with Gasteiger partial charge in [-0.05, 0) is 31.2 Å².